The normalized spacial score (nSPS) is 15.8. The van der Waals surface area contributed by atoms with Crippen LogP contribution in [0, 0.1) is 0 Å². The van der Waals surface area contributed by atoms with Gasteiger partial charge in [-0.3, -0.25) is 0 Å². The second-order valence-electron chi connectivity index (χ2n) is 3.48. The van der Waals surface area contributed by atoms with Gasteiger partial charge in [0.05, 0.1) is 16.8 Å². The molecule has 4 nitrogen and oxygen atoms in total. The van der Waals surface area contributed by atoms with E-state index >= 15 is 0 Å². The Morgan fingerprint density at radius 3 is 2.87 bits per heavy atom. The minimum Gasteiger partial charge on any atom is -0.478 e. The van der Waals surface area contributed by atoms with Crippen molar-refractivity contribution < 1.29 is 14.6 Å². The molecule has 1 aliphatic carbocycles. The van der Waals surface area contributed by atoms with Gasteiger partial charge in [0, 0.05) is 6.07 Å². The molecule has 0 atom stereocenters. The second-order valence-corrected chi connectivity index (χ2v) is 3.89. The number of hydrogen-bond acceptors (Lipinski definition) is 3. The Labute approximate surface area is 91.8 Å². The van der Waals surface area contributed by atoms with Crippen molar-refractivity contribution in [2.24, 2.45) is 0 Å². The van der Waals surface area contributed by atoms with Crippen molar-refractivity contribution in [3.05, 3.63) is 22.8 Å². The Balaban J connectivity index is 2.17. The molecule has 1 saturated carbocycles. The van der Waals surface area contributed by atoms with Crippen LogP contribution in [-0.2, 0) is 0 Å². The maximum Gasteiger partial charge on any atom is 0.337 e. The van der Waals surface area contributed by atoms with Gasteiger partial charge in [0.2, 0.25) is 5.88 Å². The highest BCUT2D eigenvalue weighted by Gasteiger charge is 2.20. The molecule has 5 heteroatoms. The SMILES string of the molecule is O=C(O)c1cc(OC2CCC2)ncc1Cl. The number of carboxylic acids is 1. The van der Waals surface area contributed by atoms with Gasteiger partial charge in [-0.1, -0.05) is 11.6 Å². The summed E-state index contributed by atoms with van der Waals surface area (Å²) in [6, 6.07) is 1.36. The summed E-state index contributed by atoms with van der Waals surface area (Å²) in [7, 11) is 0. The minimum atomic E-state index is -1.07. The van der Waals surface area contributed by atoms with Gasteiger partial charge in [-0.2, -0.15) is 0 Å². The molecule has 1 N–H and O–H groups in total. The number of ether oxygens (including phenoxy) is 1. The highest BCUT2D eigenvalue weighted by molar-refractivity contribution is 6.33. The maximum atomic E-state index is 10.8. The third kappa shape index (κ3) is 2.21. The van der Waals surface area contributed by atoms with E-state index in [0.717, 1.165) is 19.3 Å². The first-order chi connectivity index (χ1) is 7.16. The molecule has 0 spiro atoms. The van der Waals surface area contributed by atoms with Gasteiger partial charge in [0.1, 0.15) is 6.10 Å². The van der Waals surface area contributed by atoms with Gasteiger partial charge in [0.15, 0.2) is 0 Å². The molecule has 80 valence electrons. The summed E-state index contributed by atoms with van der Waals surface area (Å²) in [5, 5.41) is 8.96. The van der Waals surface area contributed by atoms with Crippen LogP contribution in [0.25, 0.3) is 0 Å². The van der Waals surface area contributed by atoms with E-state index < -0.39 is 5.97 Å². The van der Waals surface area contributed by atoms with Crippen LogP contribution in [0.15, 0.2) is 12.3 Å². The van der Waals surface area contributed by atoms with E-state index in [-0.39, 0.29) is 16.7 Å². The van der Waals surface area contributed by atoms with Gasteiger partial charge in [-0.25, -0.2) is 9.78 Å². The summed E-state index contributed by atoms with van der Waals surface area (Å²) < 4.78 is 5.46. The van der Waals surface area contributed by atoms with Crippen LogP contribution in [0.4, 0.5) is 0 Å². The van der Waals surface area contributed by atoms with E-state index in [1.54, 1.807) is 0 Å². The summed E-state index contributed by atoms with van der Waals surface area (Å²) in [5.41, 5.74) is 0.0287. The van der Waals surface area contributed by atoms with Crippen molar-refractivity contribution >= 4 is 17.6 Å². The average Bonchev–Trinajstić information content (AvgIpc) is 2.13. The van der Waals surface area contributed by atoms with E-state index in [9.17, 15) is 4.79 Å². The van der Waals surface area contributed by atoms with Crippen LogP contribution in [0.2, 0.25) is 5.02 Å². The molecular weight excluding hydrogens is 218 g/mol. The Morgan fingerprint density at radius 1 is 1.60 bits per heavy atom. The fraction of sp³-hybridized carbons (Fsp3) is 0.400. The fourth-order valence-corrected chi connectivity index (χ4v) is 1.49. The highest BCUT2D eigenvalue weighted by atomic mass is 35.5. The van der Waals surface area contributed by atoms with Gasteiger partial charge < -0.3 is 9.84 Å². The number of halogens is 1. The first-order valence-corrected chi connectivity index (χ1v) is 5.10. The first kappa shape index (κ1) is 10.2. The summed E-state index contributed by atoms with van der Waals surface area (Å²) in [4.78, 5) is 14.7. The van der Waals surface area contributed by atoms with E-state index in [1.807, 2.05) is 0 Å². The molecule has 0 saturated heterocycles. The van der Waals surface area contributed by atoms with Gasteiger partial charge in [0.25, 0.3) is 0 Å². The van der Waals surface area contributed by atoms with Crippen LogP contribution in [0.1, 0.15) is 29.6 Å². The molecular formula is C10H10ClNO3. The van der Waals surface area contributed by atoms with E-state index in [1.165, 1.54) is 12.3 Å². The predicted octanol–water partition coefficient (Wildman–Crippen LogP) is 2.36. The zero-order valence-electron chi connectivity index (χ0n) is 7.94. The molecule has 0 aliphatic heterocycles. The smallest absolute Gasteiger partial charge is 0.337 e. The molecule has 1 heterocycles. The average molecular weight is 228 g/mol. The van der Waals surface area contributed by atoms with Crippen molar-refractivity contribution in [2.45, 2.75) is 25.4 Å². The molecule has 0 amide bonds. The number of aromatic carboxylic acids is 1. The number of carboxylic acid groups (broad SMARTS) is 1. The van der Waals surface area contributed by atoms with Crippen LogP contribution >= 0.6 is 11.6 Å². The summed E-state index contributed by atoms with van der Waals surface area (Å²) in [5.74, 6) is -0.734. The lowest BCUT2D eigenvalue weighted by Crippen LogP contribution is -2.25. The molecule has 0 radical (unpaired) electrons. The monoisotopic (exact) mass is 227 g/mol. The Bertz CT molecular complexity index is 390. The van der Waals surface area contributed by atoms with Crippen molar-refractivity contribution in [1.29, 1.82) is 0 Å². The molecule has 1 aliphatic rings. The van der Waals surface area contributed by atoms with Gasteiger partial charge in [-0.05, 0) is 19.3 Å². The molecule has 15 heavy (non-hydrogen) atoms. The summed E-state index contributed by atoms with van der Waals surface area (Å²) in [6.07, 6.45) is 4.66. The molecule has 0 bridgehead atoms. The minimum absolute atomic E-state index is 0.0287. The van der Waals surface area contributed by atoms with Crippen LogP contribution in [0.3, 0.4) is 0 Å². The lowest BCUT2D eigenvalue weighted by atomic mass is 9.96. The van der Waals surface area contributed by atoms with Crippen LogP contribution in [0.5, 0.6) is 5.88 Å². The quantitative estimate of drug-likeness (QED) is 0.861. The molecule has 2 rings (SSSR count). The standard InChI is InChI=1S/C10H10ClNO3/c11-8-5-12-9(4-7(8)10(13)14)15-6-2-1-3-6/h4-6H,1-3H2,(H,13,14). The summed E-state index contributed by atoms with van der Waals surface area (Å²) >= 11 is 5.68. The first-order valence-electron chi connectivity index (χ1n) is 4.72. The zero-order chi connectivity index (χ0) is 10.8. The molecule has 1 aromatic rings. The Kier molecular flexibility index (Phi) is 2.77. The van der Waals surface area contributed by atoms with Crippen LogP contribution in [-0.4, -0.2) is 22.2 Å². The Morgan fingerprint density at radius 2 is 2.33 bits per heavy atom. The van der Waals surface area contributed by atoms with Crippen molar-refractivity contribution in [3.63, 3.8) is 0 Å². The van der Waals surface area contributed by atoms with Crippen LogP contribution < -0.4 is 4.74 Å². The van der Waals surface area contributed by atoms with Gasteiger partial charge in [-0.15, -0.1) is 0 Å². The van der Waals surface area contributed by atoms with Crippen molar-refractivity contribution in [2.75, 3.05) is 0 Å². The number of pyridine rings is 1. The molecule has 1 fully saturated rings. The topological polar surface area (TPSA) is 59.4 Å². The molecule has 0 unspecified atom stereocenters. The van der Waals surface area contributed by atoms with Crippen molar-refractivity contribution in [1.82, 2.24) is 4.98 Å². The fourth-order valence-electron chi connectivity index (χ4n) is 1.31. The number of nitrogens with zero attached hydrogens (tertiary/aromatic N) is 1. The zero-order valence-corrected chi connectivity index (χ0v) is 8.70. The molecule has 1 aromatic heterocycles. The van der Waals surface area contributed by atoms with Gasteiger partial charge >= 0.3 is 5.97 Å². The number of carbonyl (C=O) groups is 1. The number of rotatable bonds is 3. The predicted molar refractivity (Wildman–Crippen MR) is 54.5 cm³/mol. The highest BCUT2D eigenvalue weighted by Crippen LogP contribution is 2.26. The lowest BCUT2D eigenvalue weighted by molar-refractivity contribution is 0.0694. The second kappa shape index (κ2) is 4.06. The Hall–Kier alpha value is -1.29. The van der Waals surface area contributed by atoms with E-state index in [0.29, 0.717) is 5.88 Å². The molecule has 0 aromatic carbocycles. The third-order valence-electron chi connectivity index (χ3n) is 2.40. The van der Waals surface area contributed by atoms with Crippen molar-refractivity contribution in [3.8, 4) is 5.88 Å². The largest absolute Gasteiger partial charge is 0.478 e. The lowest BCUT2D eigenvalue weighted by Gasteiger charge is -2.25. The summed E-state index contributed by atoms with van der Waals surface area (Å²) in [6.45, 7) is 0. The third-order valence-corrected chi connectivity index (χ3v) is 2.70. The van der Waals surface area contributed by atoms with E-state index in [4.69, 9.17) is 21.4 Å². The number of aromatic nitrogens is 1. The maximum absolute atomic E-state index is 10.8. The van der Waals surface area contributed by atoms with E-state index in [2.05, 4.69) is 4.98 Å². The number of hydrogen-bond donors (Lipinski definition) is 1.